The number of amidine groups is 1. The third-order valence-corrected chi connectivity index (χ3v) is 8.64. The molecule has 1 saturated heterocycles. The lowest BCUT2D eigenvalue weighted by molar-refractivity contribution is 0.0214. The first-order valence-corrected chi connectivity index (χ1v) is 13.7. The molecule has 2 aliphatic rings. The number of pyridine rings is 2. The summed E-state index contributed by atoms with van der Waals surface area (Å²) >= 11 is 0. The van der Waals surface area contributed by atoms with Gasteiger partial charge < -0.3 is 8.92 Å². The zero-order chi connectivity index (χ0) is 24.8. The molecule has 10 heteroatoms. The highest BCUT2D eigenvalue weighted by Gasteiger charge is 2.41. The number of rotatable bonds is 7. The molecule has 2 unspecified atom stereocenters. The SMILES string of the molecule is CS1(OC(CN2CCOCC2)c2ccccc2)C(NC(=O)c2cccnc2)=NN=C1c1ccncc1. The highest BCUT2D eigenvalue weighted by Crippen LogP contribution is 2.56. The molecule has 1 aromatic carbocycles. The van der Waals surface area contributed by atoms with E-state index in [1.54, 1.807) is 30.7 Å². The van der Waals surface area contributed by atoms with Crippen LogP contribution in [0.1, 0.15) is 27.6 Å². The van der Waals surface area contributed by atoms with Crippen molar-refractivity contribution in [2.24, 2.45) is 10.2 Å². The van der Waals surface area contributed by atoms with Crippen LogP contribution >= 0.6 is 10.3 Å². The minimum absolute atomic E-state index is 0.269. The molecule has 1 amide bonds. The van der Waals surface area contributed by atoms with Crippen LogP contribution in [0, 0.1) is 0 Å². The topological polar surface area (TPSA) is 101 Å². The molecule has 2 aliphatic heterocycles. The second-order valence-corrected chi connectivity index (χ2v) is 11.1. The Morgan fingerprint density at radius 1 is 1.03 bits per heavy atom. The minimum atomic E-state index is -2.28. The largest absolute Gasteiger partial charge is 0.379 e. The fraction of sp³-hybridized carbons (Fsp3) is 0.269. The van der Waals surface area contributed by atoms with Crippen molar-refractivity contribution < 1.29 is 13.7 Å². The van der Waals surface area contributed by atoms with Crippen LogP contribution in [0.5, 0.6) is 0 Å². The molecule has 0 aliphatic carbocycles. The van der Waals surface area contributed by atoms with Crippen molar-refractivity contribution in [2.75, 3.05) is 39.1 Å². The van der Waals surface area contributed by atoms with Crippen LogP contribution in [-0.4, -0.2) is 70.1 Å². The number of nitrogens with one attached hydrogen (secondary N) is 1. The minimum Gasteiger partial charge on any atom is -0.379 e. The lowest BCUT2D eigenvalue weighted by Crippen LogP contribution is -2.41. The number of ether oxygens (including phenoxy) is 1. The maximum absolute atomic E-state index is 13.0. The van der Waals surface area contributed by atoms with E-state index in [0.717, 1.165) is 24.2 Å². The summed E-state index contributed by atoms with van der Waals surface area (Å²) in [6, 6.07) is 17.3. The number of benzene rings is 1. The highest BCUT2D eigenvalue weighted by atomic mass is 32.3. The number of carbonyl (C=O) groups excluding carboxylic acids is 1. The average Bonchev–Trinajstić information content (AvgIpc) is 3.25. The highest BCUT2D eigenvalue weighted by molar-refractivity contribution is 8.52. The summed E-state index contributed by atoms with van der Waals surface area (Å²) in [4.78, 5) is 23.6. The Kier molecular flexibility index (Phi) is 7.47. The first kappa shape index (κ1) is 24.3. The van der Waals surface area contributed by atoms with Crippen molar-refractivity contribution in [3.63, 3.8) is 0 Å². The molecule has 36 heavy (non-hydrogen) atoms. The lowest BCUT2D eigenvalue weighted by Gasteiger charge is -2.39. The summed E-state index contributed by atoms with van der Waals surface area (Å²) in [6.45, 7) is 3.75. The fourth-order valence-corrected chi connectivity index (χ4v) is 6.37. The van der Waals surface area contributed by atoms with Gasteiger partial charge in [-0.15, -0.1) is 10.2 Å². The number of amides is 1. The zero-order valence-corrected chi connectivity index (χ0v) is 20.8. The third kappa shape index (κ3) is 5.36. The molecule has 4 heterocycles. The summed E-state index contributed by atoms with van der Waals surface area (Å²) in [6.07, 6.45) is 8.29. The number of morpholine rings is 1. The van der Waals surface area contributed by atoms with E-state index in [4.69, 9.17) is 8.92 Å². The standard InChI is InChI=1S/C26H28N6O3S/c1-36(35-23(20-6-3-2-4-7-20)19-32-14-16-34-17-15-32)25(21-9-12-27-13-10-21)30-31-26(36)29-24(33)22-8-5-11-28-18-22/h2-13,18,23H,14-17,19H2,1H3,(H,29,31,33). The van der Waals surface area contributed by atoms with Crippen molar-refractivity contribution in [1.29, 1.82) is 0 Å². The molecule has 2 atom stereocenters. The van der Waals surface area contributed by atoms with E-state index in [1.165, 1.54) is 6.20 Å². The van der Waals surface area contributed by atoms with Gasteiger partial charge in [-0.1, -0.05) is 30.3 Å². The third-order valence-electron chi connectivity index (χ3n) is 6.05. The van der Waals surface area contributed by atoms with E-state index in [1.807, 2.05) is 36.6 Å². The molecule has 1 N–H and O–H groups in total. The van der Waals surface area contributed by atoms with Gasteiger partial charge in [-0.25, -0.2) is 0 Å². The molecule has 0 saturated carbocycles. The lowest BCUT2D eigenvalue weighted by atomic mass is 10.1. The Bertz CT molecular complexity index is 1240. The summed E-state index contributed by atoms with van der Waals surface area (Å²) in [7, 11) is -2.28. The van der Waals surface area contributed by atoms with E-state index in [9.17, 15) is 4.79 Å². The monoisotopic (exact) mass is 504 g/mol. The van der Waals surface area contributed by atoms with E-state index in [0.29, 0.717) is 35.5 Å². The summed E-state index contributed by atoms with van der Waals surface area (Å²) in [5.41, 5.74) is 2.35. The summed E-state index contributed by atoms with van der Waals surface area (Å²) in [5, 5.41) is 13.0. The van der Waals surface area contributed by atoms with Crippen LogP contribution in [0.15, 0.2) is 89.6 Å². The number of hydrogen-bond donors (Lipinski definition) is 1. The molecular formula is C26H28N6O3S. The van der Waals surface area contributed by atoms with Crippen molar-refractivity contribution >= 4 is 26.4 Å². The summed E-state index contributed by atoms with van der Waals surface area (Å²) < 4.78 is 12.5. The van der Waals surface area contributed by atoms with Gasteiger partial charge in [0, 0.05) is 56.2 Å². The van der Waals surface area contributed by atoms with E-state index in [-0.39, 0.29) is 12.0 Å². The molecule has 1 fully saturated rings. The molecule has 3 aromatic rings. The van der Waals surface area contributed by atoms with Gasteiger partial charge in [0.2, 0.25) is 5.17 Å². The number of hydrogen-bond acceptors (Lipinski definition) is 8. The molecular weight excluding hydrogens is 476 g/mol. The molecule has 9 nitrogen and oxygen atoms in total. The molecule has 0 spiro atoms. The van der Waals surface area contributed by atoms with Crippen LogP contribution in [0.4, 0.5) is 0 Å². The second-order valence-electron chi connectivity index (χ2n) is 8.49. The van der Waals surface area contributed by atoms with Crippen molar-refractivity contribution in [1.82, 2.24) is 20.2 Å². The van der Waals surface area contributed by atoms with Crippen molar-refractivity contribution in [3.8, 4) is 0 Å². The van der Waals surface area contributed by atoms with Crippen LogP contribution in [0.3, 0.4) is 0 Å². The van der Waals surface area contributed by atoms with Gasteiger partial charge >= 0.3 is 0 Å². The maximum Gasteiger partial charge on any atom is 0.258 e. The van der Waals surface area contributed by atoms with Gasteiger partial charge in [-0.3, -0.25) is 25.0 Å². The van der Waals surface area contributed by atoms with Gasteiger partial charge in [0.1, 0.15) is 11.1 Å². The predicted octanol–water partition coefficient (Wildman–Crippen LogP) is 3.38. The number of nitrogens with zero attached hydrogens (tertiary/aromatic N) is 5. The smallest absolute Gasteiger partial charge is 0.258 e. The normalized spacial score (nSPS) is 22.7. The Morgan fingerprint density at radius 3 is 2.53 bits per heavy atom. The molecule has 0 bridgehead atoms. The second kappa shape index (κ2) is 11.1. The van der Waals surface area contributed by atoms with Crippen molar-refractivity contribution in [3.05, 3.63) is 96.1 Å². The molecule has 186 valence electrons. The Balaban J connectivity index is 1.47. The first-order valence-electron chi connectivity index (χ1n) is 11.7. The van der Waals surface area contributed by atoms with Gasteiger partial charge in [0.15, 0.2) is 0 Å². The number of aromatic nitrogens is 2. The van der Waals surface area contributed by atoms with Gasteiger partial charge in [-0.05, 0) is 40.1 Å². The Morgan fingerprint density at radius 2 is 1.81 bits per heavy atom. The van der Waals surface area contributed by atoms with Crippen LogP contribution in [0.2, 0.25) is 0 Å². The maximum atomic E-state index is 13.0. The zero-order valence-electron chi connectivity index (χ0n) is 20.0. The van der Waals surface area contributed by atoms with Gasteiger partial charge in [0.25, 0.3) is 5.91 Å². The van der Waals surface area contributed by atoms with Crippen molar-refractivity contribution in [2.45, 2.75) is 6.10 Å². The predicted molar refractivity (Wildman–Crippen MR) is 141 cm³/mol. The quantitative estimate of drug-likeness (QED) is 0.529. The van der Waals surface area contributed by atoms with Gasteiger partial charge in [0.05, 0.1) is 18.8 Å². The molecule has 5 rings (SSSR count). The van der Waals surface area contributed by atoms with Gasteiger partial charge in [-0.2, -0.15) is 0 Å². The Hall–Kier alpha value is -3.44. The van der Waals surface area contributed by atoms with Crippen LogP contribution < -0.4 is 5.32 Å². The molecule has 0 radical (unpaired) electrons. The van der Waals surface area contributed by atoms with E-state index < -0.39 is 10.3 Å². The fourth-order valence-electron chi connectivity index (χ4n) is 4.10. The van der Waals surface area contributed by atoms with Crippen LogP contribution in [-0.2, 0) is 8.92 Å². The summed E-state index contributed by atoms with van der Waals surface area (Å²) in [5.74, 6) is -0.306. The van der Waals surface area contributed by atoms with Crippen LogP contribution in [0.25, 0.3) is 0 Å². The first-order chi connectivity index (χ1) is 17.6. The molecule has 2 aromatic heterocycles. The van der Waals surface area contributed by atoms with E-state index >= 15 is 0 Å². The Labute approximate surface area is 211 Å². The average molecular weight is 505 g/mol. The number of carbonyl (C=O) groups is 1. The van der Waals surface area contributed by atoms with E-state index in [2.05, 4.69) is 42.5 Å².